The highest BCUT2D eigenvalue weighted by Gasteiger charge is 2.16. The van der Waals surface area contributed by atoms with Crippen LogP contribution in [-0.2, 0) is 19.7 Å². The Morgan fingerprint density at radius 1 is 0.966 bits per heavy atom. The van der Waals surface area contributed by atoms with Crippen LogP contribution in [-0.4, -0.2) is 7.11 Å². The van der Waals surface area contributed by atoms with Gasteiger partial charge in [0.25, 0.3) is 0 Å². The average molecular weight is 499 g/mol. The van der Waals surface area contributed by atoms with E-state index in [4.69, 9.17) is 32.7 Å². The highest BCUT2D eigenvalue weighted by molar-refractivity contribution is 9.10. The van der Waals surface area contributed by atoms with Gasteiger partial charge in [-0.05, 0) is 35.9 Å². The number of ether oxygens (including phenoxy) is 2. The van der Waals surface area contributed by atoms with Gasteiger partial charge >= 0.3 is 0 Å². The monoisotopic (exact) mass is 497 g/mol. The molecule has 0 spiro atoms. The Hall–Kier alpha value is -1.79. The van der Waals surface area contributed by atoms with E-state index in [0.717, 1.165) is 15.6 Å². The van der Waals surface area contributed by atoms with Crippen molar-refractivity contribution in [2.75, 3.05) is 7.11 Å². The molecule has 0 saturated heterocycles. The highest BCUT2D eigenvalue weighted by atomic mass is 79.9. The van der Waals surface area contributed by atoms with Gasteiger partial charge in [-0.2, -0.15) is 0 Å². The van der Waals surface area contributed by atoms with Gasteiger partial charge in [-0.3, -0.25) is 0 Å². The Morgan fingerprint density at radius 3 is 2.48 bits per heavy atom. The lowest BCUT2D eigenvalue weighted by atomic mass is 10.1. The third-order valence-electron chi connectivity index (χ3n) is 4.35. The van der Waals surface area contributed by atoms with Crippen molar-refractivity contribution in [1.29, 1.82) is 0 Å². The van der Waals surface area contributed by atoms with Gasteiger partial charge < -0.3 is 14.8 Å². The van der Waals surface area contributed by atoms with Crippen molar-refractivity contribution in [3.8, 4) is 11.5 Å². The molecule has 0 aliphatic heterocycles. The molecule has 0 fully saturated rings. The van der Waals surface area contributed by atoms with Gasteiger partial charge in [-0.25, -0.2) is 4.39 Å². The molecule has 0 heterocycles. The first-order chi connectivity index (χ1) is 14.0. The summed E-state index contributed by atoms with van der Waals surface area (Å²) in [6.07, 6.45) is 0. The van der Waals surface area contributed by atoms with E-state index in [9.17, 15) is 4.39 Å². The minimum atomic E-state index is -0.386. The van der Waals surface area contributed by atoms with Crippen molar-refractivity contribution < 1.29 is 13.9 Å². The summed E-state index contributed by atoms with van der Waals surface area (Å²) in [4.78, 5) is 0. The van der Waals surface area contributed by atoms with Crippen LogP contribution in [0.4, 0.5) is 4.39 Å². The summed E-state index contributed by atoms with van der Waals surface area (Å²) in [5, 5.41) is 4.41. The smallest absolute Gasteiger partial charge is 0.167 e. The lowest BCUT2D eigenvalue weighted by Gasteiger charge is -2.18. The van der Waals surface area contributed by atoms with Crippen LogP contribution in [0.5, 0.6) is 11.5 Å². The van der Waals surface area contributed by atoms with Crippen LogP contribution in [0.15, 0.2) is 59.1 Å². The molecular weight excluding hydrogens is 480 g/mol. The van der Waals surface area contributed by atoms with Crippen LogP contribution < -0.4 is 14.8 Å². The molecule has 3 aromatic rings. The van der Waals surface area contributed by atoms with Gasteiger partial charge in [0, 0.05) is 33.7 Å². The molecule has 3 nitrogen and oxygen atoms in total. The Bertz CT molecular complexity index is 1000. The maximum atomic E-state index is 13.3. The molecule has 0 aromatic heterocycles. The second kappa shape index (κ2) is 10.3. The van der Waals surface area contributed by atoms with Gasteiger partial charge in [0.2, 0.25) is 0 Å². The first-order valence-corrected chi connectivity index (χ1v) is 10.4. The maximum Gasteiger partial charge on any atom is 0.167 e. The fourth-order valence-electron chi connectivity index (χ4n) is 2.82. The van der Waals surface area contributed by atoms with Crippen molar-refractivity contribution >= 4 is 39.1 Å². The molecule has 0 radical (unpaired) electrons. The lowest BCUT2D eigenvalue weighted by Crippen LogP contribution is -2.15. The van der Waals surface area contributed by atoms with Crippen LogP contribution in [0.3, 0.4) is 0 Å². The second-order valence-corrected chi connectivity index (χ2v) is 7.95. The summed E-state index contributed by atoms with van der Waals surface area (Å²) in [6.45, 7) is 1.31. The third kappa shape index (κ3) is 5.64. The zero-order chi connectivity index (χ0) is 20.8. The largest absolute Gasteiger partial charge is 0.493 e. The zero-order valence-electron chi connectivity index (χ0n) is 15.6. The Balaban J connectivity index is 1.78. The average Bonchev–Trinajstić information content (AvgIpc) is 2.70. The Labute approximate surface area is 187 Å². The molecule has 0 saturated carbocycles. The third-order valence-corrected chi connectivity index (χ3v) is 5.81. The molecule has 1 N–H and O–H groups in total. The number of halogens is 4. The topological polar surface area (TPSA) is 30.5 Å². The molecule has 0 atom stereocenters. The van der Waals surface area contributed by atoms with Crippen molar-refractivity contribution in [3.63, 3.8) is 0 Å². The van der Waals surface area contributed by atoms with E-state index in [1.165, 1.54) is 12.1 Å². The Morgan fingerprint density at radius 2 is 1.76 bits per heavy atom. The maximum absolute atomic E-state index is 13.3. The summed E-state index contributed by atoms with van der Waals surface area (Å²) in [6, 6.07) is 15.6. The molecule has 0 aliphatic rings. The molecule has 3 aromatic carbocycles. The minimum Gasteiger partial charge on any atom is -0.493 e. The van der Waals surface area contributed by atoms with E-state index in [-0.39, 0.29) is 12.4 Å². The van der Waals surface area contributed by atoms with Crippen LogP contribution in [0.2, 0.25) is 10.0 Å². The number of benzene rings is 3. The summed E-state index contributed by atoms with van der Waals surface area (Å²) in [5.74, 6) is 0.804. The molecule has 0 bridgehead atoms. The molecule has 152 valence electrons. The molecule has 0 aliphatic carbocycles. The normalized spacial score (nSPS) is 10.8. The summed E-state index contributed by atoms with van der Waals surface area (Å²) < 4.78 is 25.7. The van der Waals surface area contributed by atoms with Crippen LogP contribution in [0, 0.1) is 5.82 Å². The van der Waals surface area contributed by atoms with Crippen molar-refractivity contribution in [2.45, 2.75) is 19.7 Å². The number of methoxy groups -OCH3 is 1. The predicted octanol–water partition coefficient (Wildman–Crippen LogP) is 6.77. The van der Waals surface area contributed by atoms with E-state index in [0.29, 0.717) is 40.2 Å². The van der Waals surface area contributed by atoms with E-state index < -0.39 is 0 Å². The summed E-state index contributed by atoms with van der Waals surface area (Å²) in [7, 11) is 1.59. The van der Waals surface area contributed by atoms with E-state index in [1.807, 2.05) is 36.4 Å². The molecule has 0 unspecified atom stereocenters. The van der Waals surface area contributed by atoms with Crippen LogP contribution in [0.25, 0.3) is 0 Å². The van der Waals surface area contributed by atoms with Gasteiger partial charge in [0.15, 0.2) is 11.5 Å². The Kier molecular flexibility index (Phi) is 7.78. The molecule has 3 rings (SSSR count). The number of hydrogen-bond donors (Lipinski definition) is 1. The number of rotatable bonds is 8. The summed E-state index contributed by atoms with van der Waals surface area (Å²) >= 11 is 15.9. The predicted molar refractivity (Wildman–Crippen MR) is 118 cm³/mol. The zero-order valence-corrected chi connectivity index (χ0v) is 18.7. The van der Waals surface area contributed by atoms with Gasteiger partial charge in [0.1, 0.15) is 12.4 Å². The van der Waals surface area contributed by atoms with E-state index in [1.54, 1.807) is 13.2 Å². The van der Waals surface area contributed by atoms with E-state index in [2.05, 4.69) is 21.2 Å². The van der Waals surface area contributed by atoms with Gasteiger partial charge in [-0.15, -0.1) is 0 Å². The summed E-state index contributed by atoms with van der Waals surface area (Å²) in [5.41, 5.74) is 2.59. The van der Waals surface area contributed by atoms with Gasteiger partial charge in [0.05, 0.1) is 12.1 Å². The molecule has 7 heteroatoms. The fraction of sp³-hybridized carbons (Fsp3) is 0.182. The fourth-order valence-corrected chi connectivity index (χ4v) is 3.70. The van der Waals surface area contributed by atoms with Crippen molar-refractivity contribution in [1.82, 2.24) is 5.32 Å². The van der Waals surface area contributed by atoms with Crippen molar-refractivity contribution in [2.24, 2.45) is 0 Å². The standard InChI is InChI=1S/C22H19BrCl2FNO2/c1-28-21-9-8-18(23)17(12-27-11-14-4-2-3-5-19(14)24)22(21)29-13-15-6-7-16(26)10-20(15)25/h2-10,27H,11-13H2,1H3. The lowest BCUT2D eigenvalue weighted by molar-refractivity contribution is 0.280. The SMILES string of the molecule is COc1ccc(Br)c(CNCc2ccccc2Cl)c1OCc1ccc(F)cc1Cl. The van der Waals surface area contributed by atoms with Crippen molar-refractivity contribution in [3.05, 3.63) is 91.6 Å². The van der Waals surface area contributed by atoms with Gasteiger partial charge in [-0.1, -0.05) is 63.4 Å². The van der Waals surface area contributed by atoms with E-state index >= 15 is 0 Å². The molecule has 29 heavy (non-hydrogen) atoms. The second-order valence-electron chi connectivity index (χ2n) is 6.28. The molecular formula is C22H19BrCl2FNO2. The quantitative estimate of drug-likeness (QED) is 0.371. The van der Waals surface area contributed by atoms with Crippen LogP contribution >= 0.6 is 39.1 Å². The minimum absolute atomic E-state index is 0.184. The first kappa shape index (κ1) is 21.9. The highest BCUT2D eigenvalue weighted by Crippen LogP contribution is 2.37. The number of hydrogen-bond acceptors (Lipinski definition) is 3. The number of nitrogens with one attached hydrogen (secondary N) is 1. The first-order valence-electron chi connectivity index (χ1n) is 8.85. The van der Waals surface area contributed by atoms with Crippen LogP contribution in [0.1, 0.15) is 16.7 Å². The molecule has 0 amide bonds.